The molecule has 146 valence electrons. The number of nitrogens with zero attached hydrogens (tertiary/aromatic N) is 3. The van der Waals surface area contributed by atoms with Crippen molar-refractivity contribution in [3.63, 3.8) is 0 Å². The first-order valence-corrected chi connectivity index (χ1v) is 8.30. The van der Waals surface area contributed by atoms with E-state index in [0.717, 1.165) is 5.82 Å². The van der Waals surface area contributed by atoms with E-state index in [1.54, 1.807) is 6.33 Å². The molecule has 1 saturated carbocycles. The highest BCUT2D eigenvalue weighted by Crippen LogP contribution is 2.49. The highest BCUT2D eigenvalue weighted by atomic mass is 35.5. The number of halogens is 2. The molecule has 3 N–H and O–H groups in total. The minimum absolute atomic E-state index is 0. The molecule has 1 aromatic rings. The van der Waals surface area contributed by atoms with Crippen molar-refractivity contribution >= 4 is 30.7 Å². The normalized spacial score (nSPS) is 24.0. The maximum atomic E-state index is 12.5. The minimum atomic E-state index is -0.874. The van der Waals surface area contributed by atoms with Crippen LogP contribution in [0.2, 0.25) is 0 Å². The third-order valence-electron chi connectivity index (χ3n) is 5.04. The Labute approximate surface area is 162 Å². The minimum Gasteiger partial charge on any atom is -0.378 e. The molecule has 0 saturated heterocycles. The Kier molecular flexibility index (Phi) is 8.84. The number of nitrogens with one attached hydrogen (secondary N) is 1. The van der Waals surface area contributed by atoms with Crippen molar-refractivity contribution in [2.75, 3.05) is 13.2 Å². The van der Waals surface area contributed by atoms with Crippen LogP contribution in [0.3, 0.4) is 0 Å². The van der Waals surface area contributed by atoms with Crippen LogP contribution in [0.15, 0.2) is 6.33 Å². The van der Waals surface area contributed by atoms with E-state index in [1.807, 2.05) is 25.3 Å². The molecule has 7 nitrogen and oxygen atoms in total. The van der Waals surface area contributed by atoms with Crippen LogP contribution in [0.25, 0.3) is 0 Å². The summed E-state index contributed by atoms with van der Waals surface area (Å²) in [6.45, 7) is 11.9. The summed E-state index contributed by atoms with van der Waals surface area (Å²) in [5.74, 6) is 1.10. The summed E-state index contributed by atoms with van der Waals surface area (Å²) in [6.07, 6.45) is 2.29. The molecule has 0 radical (unpaired) electrons. The fourth-order valence-electron chi connectivity index (χ4n) is 3.15. The zero-order valence-corrected chi connectivity index (χ0v) is 17.2. The first-order valence-electron chi connectivity index (χ1n) is 8.30. The molecule has 25 heavy (non-hydrogen) atoms. The molecule has 2 atom stereocenters. The molecule has 1 aliphatic carbocycles. The Bertz CT molecular complexity index is 564. The lowest BCUT2D eigenvalue weighted by atomic mass is 9.54. The molecular formula is C16H31Cl2N5O2. The number of carbonyl (C=O) groups excluding carboxylic acids is 1. The second kappa shape index (κ2) is 9.16. The number of hydrogen-bond donors (Lipinski definition) is 2. The fourth-order valence-corrected chi connectivity index (χ4v) is 3.15. The van der Waals surface area contributed by atoms with E-state index in [2.05, 4.69) is 29.4 Å². The zero-order chi connectivity index (χ0) is 17.3. The Balaban J connectivity index is 0.00000288. The van der Waals surface area contributed by atoms with Gasteiger partial charge in [0.2, 0.25) is 5.91 Å². The first kappa shape index (κ1) is 24.1. The summed E-state index contributed by atoms with van der Waals surface area (Å²) in [4.78, 5) is 12.5. The van der Waals surface area contributed by atoms with E-state index in [0.29, 0.717) is 32.0 Å². The standard InChI is InChI=1S/C16H29N5O2.2ClH/c1-6-23-12-9-16(17,15(12,4)5)14(22)18-7-8-21-10-19-20-13(21)11(2)3;;/h10-12H,6-9,17H2,1-5H3,(H,18,22);2*1H. The summed E-state index contributed by atoms with van der Waals surface area (Å²) < 4.78 is 7.62. The van der Waals surface area contributed by atoms with Crippen molar-refractivity contribution in [1.82, 2.24) is 20.1 Å². The molecule has 0 aromatic carbocycles. The van der Waals surface area contributed by atoms with Crippen molar-refractivity contribution < 1.29 is 9.53 Å². The summed E-state index contributed by atoms with van der Waals surface area (Å²) in [7, 11) is 0. The fraction of sp³-hybridized carbons (Fsp3) is 0.812. The Morgan fingerprint density at radius 3 is 2.64 bits per heavy atom. The lowest BCUT2D eigenvalue weighted by molar-refractivity contribution is -0.170. The molecule has 1 heterocycles. The summed E-state index contributed by atoms with van der Waals surface area (Å²) in [5, 5.41) is 11.0. The van der Waals surface area contributed by atoms with E-state index in [-0.39, 0.29) is 42.2 Å². The number of rotatable bonds is 7. The quantitative estimate of drug-likeness (QED) is 0.734. The molecule has 1 amide bonds. The molecule has 1 aromatic heterocycles. The Morgan fingerprint density at radius 1 is 1.48 bits per heavy atom. The van der Waals surface area contributed by atoms with Gasteiger partial charge in [-0.05, 0) is 6.92 Å². The van der Waals surface area contributed by atoms with Crippen LogP contribution in [0.4, 0.5) is 0 Å². The van der Waals surface area contributed by atoms with E-state index in [4.69, 9.17) is 10.5 Å². The van der Waals surface area contributed by atoms with Crippen LogP contribution < -0.4 is 11.1 Å². The zero-order valence-electron chi connectivity index (χ0n) is 15.6. The molecule has 1 fully saturated rings. The van der Waals surface area contributed by atoms with E-state index in [1.165, 1.54) is 0 Å². The van der Waals surface area contributed by atoms with Gasteiger partial charge >= 0.3 is 0 Å². The first-order chi connectivity index (χ1) is 10.7. The van der Waals surface area contributed by atoms with Crippen molar-refractivity contribution in [2.45, 2.75) is 65.1 Å². The molecule has 0 aliphatic heterocycles. The maximum Gasteiger partial charge on any atom is 0.240 e. The lowest BCUT2D eigenvalue weighted by Crippen LogP contribution is -2.75. The van der Waals surface area contributed by atoms with Crippen LogP contribution >= 0.6 is 24.8 Å². The van der Waals surface area contributed by atoms with E-state index in [9.17, 15) is 4.79 Å². The third kappa shape index (κ3) is 4.45. The van der Waals surface area contributed by atoms with Gasteiger partial charge in [0.1, 0.15) is 17.7 Å². The molecule has 9 heteroatoms. The maximum absolute atomic E-state index is 12.5. The summed E-state index contributed by atoms with van der Waals surface area (Å²) >= 11 is 0. The van der Waals surface area contributed by atoms with Crippen LogP contribution in [-0.4, -0.2) is 45.5 Å². The number of hydrogen-bond acceptors (Lipinski definition) is 5. The van der Waals surface area contributed by atoms with Gasteiger partial charge in [0.05, 0.1) is 6.10 Å². The molecule has 0 bridgehead atoms. The molecule has 0 spiro atoms. The van der Waals surface area contributed by atoms with Gasteiger partial charge in [-0.15, -0.1) is 35.0 Å². The van der Waals surface area contributed by atoms with Crippen LogP contribution in [-0.2, 0) is 16.1 Å². The predicted octanol–water partition coefficient (Wildman–Crippen LogP) is 1.89. The molecule has 1 aliphatic rings. The van der Waals surface area contributed by atoms with Gasteiger partial charge in [0, 0.05) is 37.5 Å². The largest absolute Gasteiger partial charge is 0.378 e. The van der Waals surface area contributed by atoms with Gasteiger partial charge in [-0.2, -0.15) is 0 Å². The lowest BCUT2D eigenvalue weighted by Gasteiger charge is -2.57. The average Bonchev–Trinajstić information content (AvgIpc) is 2.95. The number of nitrogens with two attached hydrogens (primary N) is 1. The number of amides is 1. The SMILES string of the molecule is CCOC1CC(N)(C(=O)NCCn2cnnc2C(C)C)C1(C)C.Cl.Cl. The van der Waals surface area contributed by atoms with Gasteiger partial charge in [0.25, 0.3) is 0 Å². The van der Waals surface area contributed by atoms with Gasteiger partial charge in [-0.1, -0.05) is 27.7 Å². The molecular weight excluding hydrogens is 365 g/mol. The van der Waals surface area contributed by atoms with Crippen molar-refractivity contribution in [3.05, 3.63) is 12.2 Å². The van der Waals surface area contributed by atoms with Crippen molar-refractivity contribution in [1.29, 1.82) is 0 Å². The third-order valence-corrected chi connectivity index (χ3v) is 5.04. The monoisotopic (exact) mass is 395 g/mol. The van der Waals surface area contributed by atoms with Crippen LogP contribution in [0, 0.1) is 5.41 Å². The smallest absolute Gasteiger partial charge is 0.240 e. The Morgan fingerprint density at radius 2 is 2.12 bits per heavy atom. The van der Waals surface area contributed by atoms with Crippen LogP contribution in [0.5, 0.6) is 0 Å². The van der Waals surface area contributed by atoms with Crippen molar-refractivity contribution in [3.8, 4) is 0 Å². The highest BCUT2D eigenvalue weighted by molar-refractivity contribution is 5.88. The van der Waals surface area contributed by atoms with E-state index < -0.39 is 5.54 Å². The van der Waals surface area contributed by atoms with Gasteiger partial charge in [0.15, 0.2) is 0 Å². The van der Waals surface area contributed by atoms with Gasteiger partial charge in [-0.25, -0.2) is 0 Å². The molecule has 2 rings (SSSR count). The second-order valence-corrected chi connectivity index (χ2v) is 7.13. The average molecular weight is 396 g/mol. The summed E-state index contributed by atoms with van der Waals surface area (Å²) in [5.41, 5.74) is 5.12. The van der Waals surface area contributed by atoms with E-state index >= 15 is 0 Å². The number of ether oxygens (including phenoxy) is 1. The topological polar surface area (TPSA) is 95.1 Å². The van der Waals surface area contributed by atoms with Crippen molar-refractivity contribution in [2.24, 2.45) is 11.1 Å². The predicted molar refractivity (Wildman–Crippen MR) is 102 cm³/mol. The second-order valence-electron chi connectivity index (χ2n) is 7.13. The van der Waals surface area contributed by atoms with Crippen LogP contribution in [0.1, 0.15) is 52.8 Å². The Hall–Kier alpha value is -0.890. The molecule has 2 unspecified atom stereocenters. The number of aromatic nitrogens is 3. The van der Waals surface area contributed by atoms with Gasteiger partial charge < -0.3 is 20.4 Å². The highest BCUT2D eigenvalue weighted by Gasteiger charge is 2.62. The summed E-state index contributed by atoms with van der Waals surface area (Å²) in [6, 6.07) is 0. The van der Waals surface area contributed by atoms with Gasteiger partial charge in [-0.3, -0.25) is 4.79 Å². The number of carbonyl (C=O) groups is 1.